The van der Waals surface area contributed by atoms with Crippen LogP contribution >= 0.6 is 34.2 Å². The number of hydrogen-bond donors (Lipinski definition) is 0. The van der Waals surface area contributed by atoms with Crippen molar-refractivity contribution in [1.29, 1.82) is 0 Å². The van der Waals surface area contributed by atoms with Crippen molar-refractivity contribution >= 4 is 45.8 Å². The third-order valence-electron chi connectivity index (χ3n) is 5.62. The molecule has 0 bridgehead atoms. The summed E-state index contributed by atoms with van der Waals surface area (Å²) in [5.41, 5.74) is -0.344. The van der Waals surface area contributed by atoms with Gasteiger partial charge in [-0.2, -0.15) is 0 Å². The predicted molar refractivity (Wildman–Crippen MR) is 123 cm³/mol. The number of hydrogen-bond acceptors (Lipinski definition) is 6. The van der Waals surface area contributed by atoms with E-state index in [1.807, 2.05) is 24.3 Å². The summed E-state index contributed by atoms with van der Waals surface area (Å²) in [5.74, 6) is 0.0199. The standard InChI is InChI=1S/C23H20ClIO6/c1-12-8-14(26)9-18(30-11-13-6-4-5-7-15(13)25)23(12)22(27)19-16(28-2)10-17(29-3)20(24)21(19)31-23/h4-7,9-10,12H,8,11H2,1-3H3/t12-,23+/m1/s1. The van der Waals surface area contributed by atoms with E-state index in [2.05, 4.69) is 22.6 Å². The summed E-state index contributed by atoms with van der Waals surface area (Å²) in [4.78, 5) is 26.1. The van der Waals surface area contributed by atoms with E-state index >= 15 is 0 Å². The Bertz CT molecular complexity index is 1110. The Morgan fingerprint density at radius 1 is 1.19 bits per heavy atom. The number of benzene rings is 2. The normalized spacial score (nSPS) is 22.1. The van der Waals surface area contributed by atoms with Gasteiger partial charge in [-0.1, -0.05) is 36.7 Å². The van der Waals surface area contributed by atoms with Crippen LogP contribution in [0.1, 0.15) is 29.3 Å². The number of ether oxygens (including phenoxy) is 4. The Balaban J connectivity index is 1.80. The Morgan fingerprint density at radius 2 is 1.90 bits per heavy atom. The maximum atomic E-state index is 13.8. The summed E-state index contributed by atoms with van der Waals surface area (Å²) in [6.45, 7) is 1.98. The molecule has 0 N–H and O–H groups in total. The van der Waals surface area contributed by atoms with Crippen molar-refractivity contribution in [2.45, 2.75) is 25.6 Å². The lowest BCUT2D eigenvalue weighted by molar-refractivity contribution is -0.118. The summed E-state index contributed by atoms with van der Waals surface area (Å²) in [6.07, 6.45) is 1.50. The molecule has 1 aliphatic carbocycles. The number of rotatable bonds is 5. The number of carbonyl (C=O) groups excluding carboxylic acids is 2. The zero-order chi connectivity index (χ0) is 22.3. The smallest absolute Gasteiger partial charge is 0.231 e. The fraction of sp³-hybridized carbons (Fsp3) is 0.304. The number of ketones is 2. The van der Waals surface area contributed by atoms with Crippen molar-refractivity contribution in [2.24, 2.45) is 5.92 Å². The molecular weight excluding hydrogens is 535 g/mol. The summed E-state index contributed by atoms with van der Waals surface area (Å²) in [5, 5.41) is 0.171. The fourth-order valence-electron chi connectivity index (χ4n) is 4.01. The molecule has 0 saturated heterocycles. The number of allylic oxidation sites excluding steroid dienone is 1. The van der Waals surface area contributed by atoms with Gasteiger partial charge in [0.05, 0.1) is 14.2 Å². The molecule has 2 aromatic carbocycles. The van der Waals surface area contributed by atoms with Crippen LogP contribution in [0.3, 0.4) is 0 Å². The van der Waals surface area contributed by atoms with Crippen molar-refractivity contribution in [3.8, 4) is 17.2 Å². The molecule has 162 valence electrons. The molecule has 0 radical (unpaired) electrons. The Labute approximate surface area is 198 Å². The van der Waals surface area contributed by atoms with Gasteiger partial charge in [-0.25, -0.2) is 0 Å². The van der Waals surface area contributed by atoms with Crippen molar-refractivity contribution in [3.63, 3.8) is 0 Å². The second-order valence-electron chi connectivity index (χ2n) is 7.43. The largest absolute Gasteiger partial charge is 0.496 e. The van der Waals surface area contributed by atoms with Gasteiger partial charge >= 0.3 is 0 Å². The highest BCUT2D eigenvalue weighted by molar-refractivity contribution is 14.1. The highest BCUT2D eigenvalue weighted by atomic mass is 127. The van der Waals surface area contributed by atoms with Gasteiger partial charge in [0, 0.05) is 33.6 Å². The van der Waals surface area contributed by atoms with E-state index in [0.29, 0.717) is 11.5 Å². The van der Waals surface area contributed by atoms with Gasteiger partial charge < -0.3 is 18.9 Å². The van der Waals surface area contributed by atoms with Crippen LogP contribution in [0.15, 0.2) is 42.2 Å². The molecule has 2 aliphatic rings. The van der Waals surface area contributed by atoms with Crippen LogP contribution in [0.5, 0.6) is 17.2 Å². The second-order valence-corrected chi connectivity index (χ2v) is 8.97. The lowest BCUT2D eigenvalue weighted by Crippen LogP contribution is -2.51. The lowest BCUT2D eigenvalue weighted by atomic mass is 9.75. The highest BCUT2D eigenvalue weighted by Gasteiger charge is 2.60. The zero-order valence-corrected chi connectivity index (χ0v) is 20.1. The van der Waals surface area contributed by atoms with Gasteiger partial charge in [-0.15, -0.1) is 0 Å². The van der Waals surface area contributed by atoms with Gasteiger partial charge in [0.2, 0.25) is 11.4 Å². The second kappa shape index (κ2) is 8.35. The minimum atomic E-state index is -1.50. The SMILES string of the molecule is COc1cc(OC)c2c(c1Cl)O[C@]1(C2=O)C(OCc2ccccc2I)=CC(=O)C[C@H]1C. The van der Waals surface area contributed by atoms with E-state index in [4.69, 9.17) is 30.5 Å². The number of fused-ring (bicyclic) bond motifs is 1. The van der Waals surface area contributed by atoms with Crippen molar-refractivity contribution in [3.05, 3.63) is 61.9 Å². The Hall–Kier alpha value is -2.26. The first-order valence-corrected chi connectivity index (χ1v) is 11.1. The van der Waals surface area contributed by atoms with E-state index in [-0.39, 0.29) is 46.7 Å². The average molecular weight is 555 g/mol. The number of methoxy groups -OCH3 is 2. The van der Waals surface area contributed by atoms with E-state index < -0.39 is 11.5 Å². The minimum absolute atomic E-state index is 0.126. The molecule has 0 saturated carbocycles. The molecule has 31 heavy (non-hydrogen) atoms. The van der Waals surface area contributed by atoms with Gasteiger partial charge in [0.25, 0.3) is 0 Å². The van der Waals surface area contributed by atoms with Crippen LogP contribution in [-0.4, -0.2) is 31.4 Å². The maximum absolute atomic E-state index is 13.8. The molecule has 6 nitrogen and oxygen atoms in total. The summed E-state index contributed by atoms with van der Waals surface area (Å²) >= 11 is 8.70. The van der Waals surface area contributed by atoms with Gasteiger partial charge in [-0.05, 0) is 28.7 Å². The summed E-state index contributed by atoms with van der Waals surface area (Å²) in [6, 6.07) is 9.28. The molecule has 0 amide bonds. The third kappa shape index (κ3) is 3.47. The molecule has 1 aliphatic heterocycles. The zero-order valence-electron chi connectivity index (χ0n) is 17.2. The molecule has 2 aromatic rings. The van der Waals surface area contributed by atoms with E-state index in [1.165, 1.54) is 20.3 Å². The lowest BCUT2D eigenvalue weighted by Gasteiger charge is -2.37. The van der Waals surface area contributed by atoms with Gasteiger partial charge in [-0.3, -0.25) is 9.59 Å². The molecular formula is C23H20ClIO6. The first-order chi connectivity index (χ1) is 14.8. The average Bonchev–Trinajstić information content (AvgIpc) is 3.06. The van der Waals surface area contributed by atoms with E-state index in [1.54, 1.807) is 13.0 Å². The molecule has 1 spiro atoms. The Morgan fingerprint density at radius 3 is 2.58 bits per heavy atom. The van der Waals surface area contributed by atoms with Crippen LogP contribution in [0, 0.1) is 9.49 Å². The Kier molecular flexibility index (Phi) is 5.91. The molecule has 4 rings (SSSR count). The van der Waals surface area contributed by atoms with Gasteiger partial charge in [0.15, 0.2) is 17.3 Å². The first-order valence-electron chi connectivity index (χ1n) is 9.63. The fourth-order valence-corrected chi connectivity index (χ4v) is 4.82. The monoisotopic (exact) mass is 554 g/mol. The quantitative estimate of drug-likeness (QED) is 0.486. The molecule has 0 aromatic heterocycles. The molecule has 1 heterocycles. The van der Waals surface area contributed by atoms with Gasteiger partial charge in [0.1, 0.15) is 28.7 Å². The minimum Gasteiger partial charge on any atom is -0.496 e. The van der Waals surface area contributed by atoms with E-state index in [0.717, 1.165) is 9.13 Å². The van der Waals surface area contributed by atoms with Crippen molar-refractivity contribution in [2.75, 3.05) is 14.2 Å². The van der Waals surface area contributed by atoms with E-state index in [9.17, 15) is 9.59 Å². The van der Waals surface area contributed by atoms with Crippen LogP contribution in [0.25, 0.3) is 0 Å². The van der Waals surface area contributed by atoms with Crippen LogP contribution in [0.2, 0.25) is 5.02 Å². The molecule has 0 unspecified atom stereocenters. The summed E-state index contributed by atoms with van der Waals surface area (Å²) < 4.78 is 24.1. The maximum Gasteiger partial charge on any atom is 0.231 e. The molecule has 8 heteroatoms. The van der Waals surface area contributed by atoms with Crippen LogP contribution in [-0.2, 0) is 16.1 Å². The summed E-state index contributed by atoms with van der Waals surface area (Å²) in [7, 11) is 2.93. The first kappa shape index (κ1) is 22.0. The van der Waals surface area contributed by atoms with Crippen LogP contribution in [0.4, 0.5) is 0 Å². The predicted octanol–water partition coefficient (Wildman–Crippen LogP) is 4.99. The molecule has 0 fully saturated rings. The topological polar surface area (TPSA) is 71.1 Å². The number of carbonyl (C=O) groups is 2. The van der Waals surface area contributed by atoms with Crippen LogP contribution < -0.4 is 14.2 Å². The molecule has 2 atom stereocenters. The number of halogens is 2. The number of Topliss-reactive ketones (excluding diaryl/α,β-unsaturated/α-hetero) is 1. The highest BCUT2D eigenvalue weighted by Crippen LogP contribution is 2.54. The van der Waals surface area contributed by atoms with Crippen molar-refractivity contribution < 1.29 is 28.5 Å². The third-order valence-corrected chi connectivity index (χ3v) is 7.03. The van der Waals surface area contributed by atoms with Crippen molar-refractivity contribution in [1.82, 2.24) is 0 Å².